The number of hydrogen-bond donors (Lipinski definition) is 0. The number of carbonyl (C=O) groups is 3. The minimum absolute atomic E-state index is 0. The Hall–Kier alpha value is -0.216. The van der Waals surface area contributed by atoms with Crippen LogP contribution < -0.4 is 30.6 Å². The zero-order valence-electron chi connectivity index (χ0n) is 6.38. The van der Waals surface area contributed by atoms with Crippen LogP contribution >= 0.6 is 0 Å². The van der Waals surface area contributed by atoms with Gasteiger partial charge in [-0.05, 0) is 18.5 Å². The van der Waals surface area contributed by atoms with Crippen LogP contribution in [0.2, 0.25) is 0 Å². The van der Waals surface area contributed by atoms with Crippen LogP contribution in [0.15, 0.2) is 0 Å². The molecule has 0 N–H and O–H groups in total. The molecule has 0 bridgehead atoms. The van der Waals surface area contributed by atoms with Crippen molar-refractivity contribution in [2.45, 2.75) is 0 Å². The fourth-order valence-electron chi connectivity index (χ4n) is 0. The van der Waals surface area contributed by atoms with Gasteiger partial charge in [-0.25, -0.2) is 0 Å². The molecule has 14 heavy (non-hydrogen) atoms. The first-order chi connectivity index (χ1) is 5.20. The minimum atomic E-state index is -2.33. The van der Waals surface area contributed by atoms with Crippen LogP contribution in [0, 0.1) is 0 Å². The van der Waals surface area contributed by atoms with Crippen molar-refractivity contribution in [3.8, 4) is 0 Å². The molecular weight excluding hydrogens is 268 g/mol. The molecule has 0 amide bonds. The van der Waals surface area contributed by atoms with Gasteiger partial charge < -0.3 is 45.0 Å². The summed E-state index contributed by atoms with van der Waals surface area (Å²) in [5.74, 6) is 0. The molecule has 9 nitrogen and oxygen atoms in total. The van der Waals surface area contributed by atoms with Gasteiger partial charge in [-0.2, -0.15) is 0 Å². The van der Waals surface area contributed by atoms with Crippen LogP contribution in [0.5, 0.6) is 0 Å². The molecule has 72 valence electrons. The normalized spacial score (nSPS) is 5.14. The predicted molar refractivity (Wildman–Crippen MR) is 21.9 cm³/mol. The molecule has 0 radical (unpaired) electrons. The summed E-state index contributed by atoms with van der Waals surface area (Å²) in [6, 6.07) is 0. The predicted octanol–water partition coefficient (Wildman–Crippen LogP) is -7.72. The van der Waals surface area contributed by atoms with E-state index < -0.39 is 18.5 Å². The first-order valence-corrected chi connectivity index (χ1v) is 1.84. The van der Waals surface area contributed by atoms with E-state index >= 15 is 0 Å². The smallest absolute Gasteiger partial charge is 0.652 e. The molecule has 0 aliphatic carbocycles. The number of carboxylic acid groups (broad SMARTS) is 6. The molecule has 0 atom stereocenters. The van der Waals surface area contributed by atoms with Crippen molar-refractivity contribution in [3.63, 3.8) is 0 Å². The monoisotopic (exact) mass is 268 g/mol. The van der Waals surface area contributed by atoms with E-state index in [0.29, 0.717) is 0 Å². The van der Waals surface area contributed by atoms with Crippen molar-refractivity contribution in [1.82, 2.24) is 0 Å². The van der Waals surface area contributed by atoms with Gasteiger partial charge >= 0.3 is 59.5 Å². The molecule has 0 aromatic heterocycles. The van der Waals surface area contributed by atoms with Crippen LogP contribution in [0.4, 0.5) is 14.4 Å². The fraction of sp³-hybridized carbons (Fsp3) is 0. The Labute approximate surface area is 122 Å². The van der Waals surface area contributed by atoms with Gasteiger partial charge in [0.05, 0.1) is 0 Å². The van der Waals surface area contributed by atoms with Crippen LogP contribution in [-0.2, 0) is 21.7 Å². The maximum atomic E-state index is 8.33. The summed E-state index contributed by atoms with van der Waals surface area (Å²) in [4.78, 5) is 25.0. The van der Waals surface area contributed by atoms with Crippen molar-refractivity contribution >= 4 is 56.2 Å². The van der Waals surface area contributed by atoms with Gasteiger partial charge in [0.15, 0.2) is 0 Å². The molecular formula is C3CaO9Ti. The maximum absolute atomic E-state index is 8.33. The van der Waals surface area contributed by atoms with E-state index in [4.69, 9.17) is 45.0 Å². The summed E-state index contributed by atoms with van der Waals surface area (Å²) >= 11 is 0. The second-order valence-corrected chi connectivity index (χ2v) is 0.750. The Morgan fingerprint density at radius 3 is 0.571 bits per heavy atom. The van der Waals surface area contributed by atoms with Crippen LogP contribution in [0.1, 0.15) is 0 Å². The minimum Gasteiger partial charge on any atom is -0.652 e. The van der Waals surface area contributed by atoms with Crippen molar-refractivity contribution in [1.29, 1.82) is 0 Å². The molecule has 0 saturated heterocycles. The second kappa shape index (κ2) is 23.0. The molecule has 0 aliphatic rings. The van der Waals surface area contributed by atoms with E-state index in [1.54, 1.807) is 0 Å². The van der Waals surface area contributed by atoms with E-state index in [0.717, 1.165) is 0 Å². The molecule has 11 heteroatoms. The molecule has 0 aliphatic heterocycles. The molecule has 0 aromatic carbocycles. The maximum Gasteiger partial charge on any atom is 4.00 e. The average molecular weight is 268 g/mol. The zero-order chi connectivity index (χ0) is 10.7. The third kappa shape index (κ3) is 29400. The second-order valence-electron chi connectivity index (χ2n) is 0.750. The number of hydrogen-bond acceptors (Lipinski definition) is 9. The molecule has 0 rings (SSSR count). The van der Waals surface area contributed by atoms with Gasteiger partial charge in [0.2, 0.25) is 0 Å². The first kappa shape index (κ1) is 29.2. The Bertz CT molecular complexity index is 118. The van der Waals surface area contributed by atoms with E-state index in [1.807, 2.05) is 0 Å². The molecule has 0 saturated carbocycles. The Morgan fingerprint density at radius 1 is 0.571 bits per heavy atom. The standard InChI is InChI=1S/3CH2O3.Ca.Ti/c3*2-1(3)4;;/h3*(H2,2,3,4);;/q;;;+2;+4/p-6. The van der Waals surface area contributed by atoms with E-state index in [1.165, 1.54) is 0 Å². The van der Waals surface area contributed by atoms with Crippen molar-refractivity contribution in [2.75, 3.05) is 0 Å². The summed E-state index contributed by atoms with van der Waals surface area (Å²) in [7, 11) is 0. The largest absolute Gasteiger partial charge is 4.00 e. The van der Waals surface area contributed by atoms with E-state index in [2.05, 4.69) is 0 Å². The number of rotatable bonds is 0. The van der Waals surface area contributed by atoms with Crippen molar-refractivity contribution in [2.24, 2.45) is 0 Å². The summed E-state index contributed by atoms with van der Waals surface area (Å²) in [6.07, 6.45) is -7.00. The summed E-state index contributed by atoms with van der Waals surface area (Å²) in [6.45, 7) is 0. The summed E-state index contributed by atoms with van der Waals surface area (Å²) in [5.41, 5.74) is 0. The Morgan fingerprint density at radius 2 is 0.571 bits per heavy atom. The SMILES string of the molecule is O=C([O-])[O-].O=C([O-])[O-].O=C([O-])[O-].[Ca+2].[Ti+4]. The summed E-state index contributed by atoms with van der Waals surface area (Å²) < 4.78 is 0. The van der Waals surface area contributed by atoms with Crippen LogP contribution in [-0.4, -0.2) is 56.2 Å². The quantitative estimate of drug-likeness (QED) is 0.383. The topological polar surface area (TPSA) is 190 Å². The Balaban J connectivity index is -0.0000000270. The third-order valence-corrected chi connectivity index (χ3v) is 0. The van der Waals surface area contributed by atoms with Gasteiger partial charge in [0, 0.05) is 0 Å². The molecule has 0 fully saturated rings. The number of carbonyl (C=O) groups excluding carboxylic acids is 3. The van der Waals surface area contributed by atoms with E-state index in [9.17, 15) is 0 Å². The molecule has 0 spiro atoms. The third-order valence-electron chi connectivity index (χ3n) is 0. The van der Waals surface area contributed by atoms with Gasteiger partial charge in [0.1, 0.15) is 0 Å². The van der Waals surface area contributed by atoms with E-state index in [-0.39, 0.29) is 59.5 Å². The van der Waals surface area contributed by atoms with Gasteiger partial charge in [-0.15, -0.1) is 0 Å². The van der Waals surface area contributed by atoms with Crippen LogP contribution in [0.3, 0.4) is 0 Å². The van der Waals surface area contributed by atoms with Gasteiger partial charge in [-0.1, -0.05) is 0 Å². The van der Waals surface area contributed by atoms with Gasteiger partial charge in [0.25, 0.3) is 0 Å². The van der Waals surface area contributed by atoms with Crippen molar-refractivity contribution in [3.05, 3.63) is 0 Å². The van der Waals surface area contributed by atoms with Crippen LogP contribution in [0.25, 0.3) is 0 Å². The van der Waals surface area contributed by atoms with Gasteiger partial charge in [-0.3, -0.25) is 0 Å². The summed E-state index contributed by atoms with van der Waals surface area (Å²) in [5, 5.41) is 50.0. The fourth-order valence-corrected chi connectivity index (χ4v) is 0. The average Bonchev–Trinajstić information content (AvgIpc) is 1.54. The molecule has 0 heterocycles. The molecule has 0 unspecified atom stereocenters. The molecule has 0 aromatic rings. The first-order valence-electron chi connectivity index (χ1n) is 1.84. The van der Waals surface area contributed by atoms with Crippen molar-refractivity contribution < 1.29 is 66.7 Å². The Kier molecular flexibility index (Phi) is 48.0. The zero-order valence-corrected chi connectivity index (χ0v) is 10.2.